The van der Waals surface area contributed by atoms with Crippen LogP contribution in [0.5, 0.6) is 0 Å². The van der Waals surface area contributed by atoms with Crippen molar-refractivity contribution in [1.29, 1.82) is 0 Å². The molecule has 1 aromatic rings. The van der Waals surface area contributed by atoms with E-state index in [-0.39, 0.29) is 12.6 Å². The van der Waals surface area contributed by atoms with Crippen LogP contribution in [0.25, 0.3) is 0 Å². The number of nitrogens with zero attached hydrogens (tertiary/aromatic N) is 3. The monoisotopic (exact) mass is 286 g/mol. The normalized spacial score (nSPS) is 21.1. The highest BCUT2D eigenvalue weighted by Gasteiger charge is 2.25. The Labute approximate surface area is 103 Å². The smallest absolute Gasteiger partial charge is 0.148 e. The van der Waals surface area contributed by atoms with E-state index in [2.05, 4.69) is 30.8 Å². The van der Waals surface area contributed by atoms with Crippen LogP contribution >= 0.6 is 15.9 Å². The molecule has 5 nitrogen and oxygen atoms in total. The first-order valence-electron chi connectivity index (χ1n) is 5.37. The second-order valence-corrected chi connectivity index (χ2v) is 4.72. The van der Waals surface area contributed by atoms with Crippen molar-refractivity contribution < 1.29 is 5.11 Å². The molecule has 0 spiro atoms. The predicted molar refractivity (Wildman–Crippen MR) is 66.2 cm³/mol. The molecule has 1 atom stereocenters. The molecule has 1 aromatic heterocycles. The summed E-state index contributed by atoms with van der Waals surface area (Å²) >= 11 is 3.40. The predicted octanol–water partition coefficient (Wildman–Crippen LogP) is 1.17. The van der Waals surface area contributed by atoms with Crippen molar-refractivity contribution >= 4 is 27.6 Å². The molecule has 0 bridgehead atoms. The zero-order valence-electron chi connectivity index (χ0n) is 8.93. The Bertz CT molecular complexity index is 374. The second kappa shape index (κ2) is 4.97. The van der Waals surface area contributed by atoms with Gasteiger partial charge in [-0.05, 0) is 35.2 Å². The lowest BCUT2D eigenvalue weighted by atomic mass is 10.0. The molecule has 16 heavy (non-hydrogen) atoms. The fourth-order valence-electron chi connectivity index (χ4n) is 2.04. The third-order valence-electron chi connectivity index (χ3n) is 2.91. The molecule has 2 heterocycles. The van der Waals surface area contributed by atoms with Gasteiger partial charge < -0.3 is 15.7 Å². The molecular formula is C10H15BrN4O. The van der Waals surface area contributed by atoms with Crippen molar-refractivity contribution in [2.24, 2.45) is 0 Å². The number of halogens is 1. The highest BCUT2D eigenvalue weighted by molar-refractivity contribution is 9.10. The summed E-state index contributed by atoms with van der Waals surface area (Å²) in [5.74, 6) is 1.22. The fraction of sp³-hybridized carbons (Fsp3) is 0.600. The average molecular weight is 287 g/mol. The van der Waals surface area contributed by atoms with E-state index in [1.54, 1.807) is 0 Å². The Kier molecular flexibility index (Phi) is 3.60. The van der Waals surface area contributed by atoms with Crippen molar-refractivity contribution in [3.8, 4) is 0 Å². The van der Waals surface area contributed by atoms with E-state index in [1.807, 2.05) is 0 Å². The molecular weight excluding hydrogens is 272 g/mol. The van der Waals surface area contributed by atoms with E-state index >= 15 is 0 Å². The number of nitrogens with two attached hydrogens (primary N) is 1. The molecule has 1 saturated heterocycles. The van der Waals surface area contributed by atoms with Crippen LogP contribution in [0.15, 0.2) is 10.8 Å². The van der Waals surface area contributed by atoms with E-state index in [9.17, 15) is 5.11 Å². The molecule has 6 heteroatoms. The van der Waals surface area contributed by atoms with Gasteiger partial charge in [0.1, 0.15) is 22.4 Å². The summed E-state index contributed by atoms with van der Waals surface area (Å²) in [7, 11) is 0. The minimum Gasteiger partial charge on any atom is -0.394 e. The van der Waals surface area contributed by atoms with Gasteiger partial charge in [0.25, 0.3) is 0 Å². The molecule has 3 N–H and O–H groups in total. The second-order valence-electron chi connectivity index (χ2n) is 3.92. The summed E-state index contributed by atoms with van der Waals surface area (Å²) in [6.07, 6.45) is 4.72. The number of aliphatic hydroxyl groups excluding tert-OH is 1. The Hall–Kier alpha value is -0.880. The van der Waals surface area contributed by atoms with Crippen LogP contribution in [0, 0.1) is 0 Å². The lowest BCUT2D eigenvalue weighted by Gasteiger charge is -2.36. The lowest BCUT2D eigenvalue weighted by Crippen LogP contribution is -2.42. The molecule has 2 rings (SSSR count). The maximum atomic E-state index is 9.35. The van der Waals surface area contributed by atoms with Crippen LogP contribution in [0.2, 0.25) is 0 Å². The molecule has 88 valence electrons. The first-order chi connectivity index (χ1) is 7.74. The minimum absolute atomic E-state index is 0.138. The highest BCUT2D eigenvalue weighted by Crippen LogP contribution is 2.31. The highest BCUT2D eigenvalue weighted by atomic mass is 79.9. The molecule has 0 amide bonds. The van der Waals surface area contributed by atoms with Crippen LogP contribution in [0.4, 0.5) is 11.6 Å². The Balaban J connectivity index is 2.30. The van der Waals surface area contributed by atoms with Crippen molar-refractivity contribution in [2.75, 3.05) is 23.8 Å². The van der Waals surface area contributed by atoms with Crippen LogP contribution in [0.3, 0.4) is 0 Å². The van der Waals surface area contributed by atoms with Gasteiger partial charge >= 0.3 is 0 Å². The summed E-state index contributed by atoms with van der Waals surface area (Å²) in [5, 5.41) is 9.35. The zero-order valence-corrected chi connectivity index (χ0v) is 10.5. The lowest BCUT2D eigenvalue weighted by molar-refractivity contribution is 0.239. The Morgan fingerprint density at radius 3 is 3.06 bits per heavy atom. The molecule has 0 saturated carbocycles. The van der Waals surface area contributed by atoms with Crippen molar-refractivity contribution in [3.63, 3.8) is 0 Å². The molecule has 1 unspecified atom stereocenters. The van der Waals surface area contributed by atoms with E-state index in [0.717, 1.165) is 36.1 Å². The molecule has 0 aromatic carbocycles. The summed E-state index contributed by atoms with van der Waals surface area (Å²) in [6.45, 7) is 1.05. The summed E-state index contributed by atoms with van der Waals surface area (Å²) in [5.41, 5.74) is 5.73. The third-order valence-corrected chi connectivity index (χ3v) is 3.67. The quantitative estimate of drug-likeness (QED) is 0.854. The maximum Gasteiger partial charge on any atom is 0.148 e. The topological polar surface area (TPSA) is 75.3 Å². The molecule has 0 aliphatic carbocycles. The number of piperidine rings is 1. The fourth-order valence-corrected chi connectivity index (χ4v) is 2.48. The van der Waals surface area contributed by atoms with Gasteiger partial charge in [0.05, 0.1) is 12.6 Å². The number of anilines is 2. The molecule has 1 aliphatic rings. The number of rotatable bonds is 2. The van der Waals surface area contributed by atoms with Crippen LogP contribution in [-0.2, 0) is 0 Å². The van der Waals surface area contributed by atoms with E-state index in [0.29, 0.717) is 5.82 Å². The Morgan fingerprint density at radius 2 is 2.31 bits per heavy atom. The Morgan fingerprint density at radius 1 is 1.50 bits per heavy atom. The van der Waals surface area contributed by atoms with E-state index in [4.69, 9.17) is 5.73 Å². The van der Waals surface area contributed by atoms with Gasteiger partial charge in [-0.1, -0.05) is 0 Å². The van der Waals surface area contributed by atoms with Gasteiger partial charge in [-0.15, -0.1) is 0 Å². The van der Waals surface area contributed by atoms with E-state index in [1.165, 1.54) is 6.33 Å². The SMILES string of the molecule is Nc1ncnc(N2CCCCC2CO)c1Br. The third kappa shape index (κ3) is 2.12. The van der Waals surface area contributed by atoms with Crippen molar-refractivity contribution in [2.45, 2.75) is 25.3 Å². The maximum absolute atomic E-state index is 9.35. The average Bonchev–Trinajstić information content (AvgIpc) is 2.33. The number of aromatic nitrogens is 2. The van der Waals surface area contributed by atoms with Gasteiger partial charge in [-0.2, -0.15) is 0 Å². The molecule has 1 fully saturated rings. The number of aliphatic hydroxyl groups is 1. The van der Waals surface area contributed by atoms with E-state index < -0.39 is 0 Å². The van der Waals surface area contributed by atoms with Crippen molar-refractivity contribution in [1.82, 2.24) is 9.97 Å². The number of hydrogen-bond donors (Lipinski definition) is 2. The van der Waals surface area contributed by atoms with Crippen molar-refractivity contribution in [3.05, 3.63) is 10.8 Å². The van der Waals surface area contributed by atoms with Crippen LogP contribution in [-0.4, -0.2) is 34.3 Å². The largest absolute Gasteiger partial charge is 0.394 e. The first-order valence-corrected chi connectivity index (χ1v) is 6.17. The van der Waals surface area contributed by atoms with Gasteiger partial charge in [0, 0.05) is 6.54 Å². The van der Waals surface area contributed by atoms with Crippen LogP contribution < -0.4 is 10.6 Å². The standard InChI is InChI=1S/C10H15BrN4O/c11-8-9(12)13-6-14-10(8)15-4-2-1-3-7(15)5-16/h6-7,16H,1-5H2,(H2,12,13,14). The zero-order chi connectivity index (χ0) is 11.5. The minimum atomic E-state index is 0.138. The number of hydrogen-bond acceptors (Lipinski definition) is 5. The summed E-state index contributed by atoms with van der Waals surface area (Å²) in [6, 6.07) is 0.138. The summed E-state index contributed by atoms with van der Waals surface area (Å²) < 4.78 is 0.718. The summed E-state index contributed by atoms with van der Waals surface area (Å²) in [4.78, 5) is 10.3. The van der Waals surface area contributed by atoms with Gasteiger partial charge in [0.2, 0.25) is 0 Å². The van der Waals surface area contributed by atoms with Gasteiger partial charge in [0.15, 0.2) is 0 Å². The first kappa shape index (κ1) is 11.6. The molecule has 0 radical (unpaired) electrons. The van der Waals surface area contributed by atoms with Gasteiger partial charge in [-0.25, -0.2) is 9.97 Å². The molecule has 1 aliphatic heterocycles. The van der Waals surface area contributed by atoms with Gasteiger partial charge in [-0.3, -0.25) is 0 Å². The number of nitrogen functional groups attached to an aromatic ring is 1. The van der Waals surface area contributed by atoms with Crippen LogP contribution in [0.1, 0.15) is 19.3 Å².